The molecule has 0 aliphatic rings. The number of aromatic nitrogens is 4. The minimum atomic E-state index is -4.19. The number of hydrogen-bond acceptors (Lipinski definition) is 11. The van der Waals surface area contributed by atoms with Crippen LogP contribution in [0.4, 0.5) is 5.82 Å². The summed E-state index contributed by atoms with van der Waals surface area (Å²) in [6.07, 6.45) is 3.00. The third-order valence-electron chi connectivity index (χ3n) is 5.99. The minimum Gasteiger partial charge on any atom is -0.493 e. The number of methoxy groups -OCH3 is 1. The molecule has 4 rings (SSSR count). The van der Waals surface area contributed by atoms with Gasteiger partial charge in [-0.15, -0.1) is 0 Å². The van der Waals surface area contributed by atoms with Crippen LogP contribution in [0.3, 0.4) is 0 Å². The third kappa shape index (κ3) is 7.99. The van der Waals surface area contributed by atoms with Gasteiger partial charge in [-0.05, 0) is 41.3 Å². The van der Waals surface area contributed by atoms with E-state index < -0.39 is 15.9 Å². The molecule has 4 aromatic rings. The van der Waals surface area contributed by atoms with Crippen molar-refractivity contribution >= 4 is 39.5 Å². The van der Waals surface area contributed by atoms with E-state index in [1.807, 2.05) is 20.8 Å². The number of para-hydroxylation sites is 2. The highest BCUT2D eigenvalue weighted by atomic mass is 32.2. The first-order chi connectivity index (χ1) is 20.9. The number of nitrogens with zero attached hydrogens (tertiary/aromatic N) is 5. The second-order valence-electron chi connectivity index (χ2n) is 10.2. The van der Waals surface area contributed by atoms with Crippen LogP contribution in [0.5, 0.6) is 17.2 Å². The Balaban J connectivity index is 1.85. The van der Waals surface area contributed by atoms with E-state index in [1.54, 1.807) is 42.5 Å². The molecule has 0 unspecified atom stereocenters. The highest BCUT2D eigenvalue weighted by molar-refractivity contribution is 8.00. The number of thioether (sulfide) groups is 1. The van der Waals surface area contributed by atoms with Crippen molar-refractivity contribution in [3.8, 4) is 28.9 Å². The van der Waals surface area contributed by atoms with Gasteiger partial charge < -0.3 is 15.2 Å². The number of aliphatic imine (C=N–C) groups is 1. The van der Waals surface area contributed by atoms with Crippen molar-refractivity contribution in [3.05, 3.63) is 72.6 Å². The van der Waals surface area contributed by atoms with E-state index in [-0.39, 0.29) is 56.0 Å². The number of carbonyl (C=O) groups is 1. The molecule has 15 heteroatoms. The molecule has 0 saturated carbocycles. The topological polar surface area (TPSA) is 184 Å². The predicted molar refractivity (Wildman–Crippen MR) is 168 cm³/mol. The van der Waals surface area contributed by atoms with Crippen LogP contribution >= 0.6 is 11.8 Å². The maximum Gasteiger partial charge on any atom is 0.263 e. The number of nitrogens with one attached hydrogen (secondary N) is 2. The van der Waals surface area contributed by atoms with Crippen LogP contribution < -0.4 is 25.2 Å². The quantitative estimate of drug-likeness (QED) is 0.0990. The van der Waals surface area contributed by atoms with Crippen LogP contribution in [0.2, 0.25) is 0 Å². The number of guanidine groups is 1. The highest BCUT2D eigenvalue weighted by Crippen LogP contribution is 2.41. The van der Waals surface area contributed by atoms with Crippen molar-refractivity contribution in [2.75, 3.05) is 24.6 Å². The number of nitrogens with two attached hydrogens (primary N) is 1. The summed E-state index contributed by atoms with van der Waals surface area (Å²) in [7, 11) is -1.28. The zero-order valence-electron chi connectivity index (χ0n) is 24.7. The second-order valence-corrected chi connectivity index (χ2v) is 12.8. The molecular formula is C29H32N8O5S2. The molecular weight excluding hydrogens is 605 g/mol. The van der Waals surface area contributed by atoms with Gasteiger partial charge in [0.2, 0.25) is 17.5 Å². The van der Waals surface area contributed by atoms with E-state index in [1.165, 1.54) is 38.7 Å². The van der Waals surface area contributed by atoms with Crippen molar-refractivity contribution in [3.63, 3.8) is 0 Å². The molecule has 0 aliphatic heterocycles. The van der Waals surface area contributed by atoms with Crippen molar-refractivity contribution in [2.24, 2.45) is 10.7 Å². The maximum atomic E-state index is 13.7. The van der Waals surface area contributed by atoms with Gasteiger partial charge >= 0.3 is 0 Å². The molecule has 0 atom stereocenters. The average Bonchev–Trinajstić information content (AvgIpc) is 3.01. The Hall–Kier alpha value is -4.76. The smallest absolute Gasteiger partial charge is 0.263 e. The first-order valence-electron chi connectivity index (χ1n) is 13.2. The normalized spacial score (nSPS) is 12.0. The first kappa shape index (κ1) is 32.2. The fraction of sp³-hybridized carbons (Fsp3) is 0.241. The lowest BCUT2D eigenvalue weighted by atomic mass is 9.87. The predicted octanol–water partition coefficient (Wildman–Crippen LogP) is 3.99. The van der Waals surface area contributed by atoms with Crippen LogP contribution in [0.15, 0.2) is 81.9 Å². The van der Waals surface area contributed by atoms with Gasteiger partial charge in [0.05, 0.1) is 17.8 Å². The Morgan fingerprint density at radius 1 is 0.977 bits per heavy atom. The number of carbonyl (C=O) groups excluding carboxylic acids is 1. The van der Waals surface area contributed by atoms with E-state index in [0.29, 0.717) is 5.75 Å². The van der Waals surface area contributed by atoms with Crippen molar-refractivity contribution < 1.29 is 22.7 Å². The summed E-state index contributed by atoms with van der Waals surface area (Å²) >= 11 is 0.960. The molecule has 230 valence electrons. The maximum absolute atomic E-state index is 13.7. The Morgan fingerprint density at radius 3 is 2.25 bits per heavy atom. The number of ether oxygens (including phenoxy) is 2. The van der Waals surface area contributed by atoms with Gasteiger partial charge in [-0.3, -0.25) is 19.8 Å². The minimum absolute atomic E-state index is 0.00343. The summed E-state index contributed by atoms with van der Waals surface area (Å²) in [5.41, 5.74) is 6.43. The molecule has 2 aromatic carbocycles. The molecule has 0 spiro atoms. The molecule has 44 heavy (non-hydrogen) atoms. The second kappa shape index (κ2) is 13.7. The van der Waals surface area contributed by atoms with Gasteiger partial charge in [0.15, 0.2) is 29.1 Å². The molecule has 2 heterocycles. The Morgan fingerprint density at radius 2 is 1.64 bits per heavy atom. The summed E-state index contributed by atoms with van der Waals surface area (Å²) < 4.78 is 41.6. The SMILES string of the molecule is CN=C(N)NC(=O)CSc1nc(-c2ncccn2)nc(NS(=O)(=O)c2ccc(C(C)(C)C)cc2)c1Oc1ccccc1OC. The number of amides is 1. The fourth-order valence-electron chi connectivity index (χ4n) is 3.71. The lowest BCUT2D eigenvalue weighted by molar-refractivity contribution is -0.117. The summed E-state index contributed by atoms with van der Waals surface area (Å²) in [6.45, 7) is 6.10. The fourth-order valence-corrected chi connectivity index (χ4v) is 5.47. The molecule has 2 aromatic heterocycles. The molecule has 4 N–H and O–H groups in total. The molecule has 0 saturated heterocycles. The lowest BCUT2D eigenvalue weighted by Crippen LogP contribution is -2.37. The number of rotatable bonds is 10. The van der Waals surface area contributed by atoms with Crippen LogP contribution in [0, 0.1) is 0 Å². The van der Waals surface area contributed by atoms with E-state index in [2.05, 4.69) is 35.0 Å². The van der Waals surface area contributed by atoms with E-state index >= 15 is 0 Å². The molecule has 0 bridgehead atoms. The van der Waals surface area contributed by atoms with Gasteiger partial charge in [0, 0.05) is 19.4 Å². The van der Waals surface area contributed by atoms with Gasteiger partial charge in [-0.25, -0.2) is 28.4 Å². The largest absolute Gasteiger partial charge is 0.493 e. The monoisotopic (exact) mass is 636 g/mol. The molecule has 0 fully saturated rings. The van der Waals surface area contributed by atoms with Crippen LogP contribution in [0.25, 0.3) is 11.6 Å². The average molecular weight is 637 g/mol. The Labute approximate surface area is 259 Å². The van der Waals surface area contributed by atoms with Crippen LogP contribution in [-0.2, 0) is 20.2 Å². The Kier molecular flexibility index (Phi) is 10.0. The van der Waals surface area contributed by atoms with Gasteiger partial charge in [0.25, 0.3) is 10.0 Å². The van der Waals surface area contributed by atoms with E-state index in [0.717, 1.165) is 17.3 Å². The summed E-state index contributed by atoms with van der Waals surface area (Å²) in [5, 5.41) is 2.57. The van der Waals surface area contributed by atoms with Gasteiger partial charge in [-0.2, -0.15) is 0 Å². The molecule has 0 radical (unpaired) electrons. The van der Waals surface area contributed by atoms with Crippen molar-refractivity contribution in [2.45, 2.75) is 36.1 Å². The number of anilines is 1. The number of benzene rings is 2. The first-order valence-corrected chi connectivity index (χ1v) is 15.7. The molecule has 0 aliphatic carbocycles. The standard InChI is InChI=1S/C29H32N8O5S2/c1-29(2,3)18-11-13-19(14-12-18)44(39,40)37-24-23(42-21-10-7-6-9-20(21)41-5)27(43-17-22(38)34-28(30)31-4)36-26(35-24)25-32-15-8-16-33-25/h6-16H,17H2,1-5H3,(H,35,36,37)(H3,30,31,34,38). The molecule has 13 nitrogen and oxygen atoms in total. The van der Waals surface area contributed by atoms with Gasteiger partial charge in [-0.1, -0.05) is 56.8 Å². The zero-order chi connectivity index (χ0) is 31.9. The summed E-state index contributed by atoms with van der Waals surface area (Å²) in [6, 6.07) is 15.0. The zero-order valence-corrected chi connectivity index (χ0v) is 26.4. The number of sulfonamides is 1. The number of hydrogen-bond donors (Lipinski definition) is 3. The van der Waals surface area contributed by atoms with Crippen LogP contribution in [-0.4, -0.2) is 60.1 Å². The van der Waals surface area contributed by atoms with E-state index in [4.69, 9.17) is 15.2 Å². The summed E-state index contributed by atoms with van der Waals surface area (Å²) in [5.74, 6) is -0.237. The van der Waals surface area contributed by atoms with E-state index in [9.17, 15) is 13.2 Å². The molecule has 1 amide bonds. The lowest BCUT2D eigenvalue weighted by Gasteiger charge is -2.20. The van der Waals surface area contributed by atoms with Crippen molar-refractivity contribution in [1.82, 2.24) is 25.3 Å². The van der Waals surface area contributed by atoms with Crippen LogP contribution in [0.1, 0.15) is 26.3 Å². The Bertz CT molecular complexity index is 1760. The third-order valence-corrected chi connectivity index (χ3v) is 8.30. The summed E-state index contributed by atoms with van der Waals surface area (Å²) in [4.78, 5) is 33.7. The highest BCUT2D eigenvalue weighted by Gasteiger charge is 2.26. The van der Waals surface area contributed by atoms with Gasteiger partial charge in [0.1, 0.15) is 5.03 Å². The van der Waals surface area contributed by atoms with Crippen molar-refractivity contribution in [1.29, 1.82) is 0 Å².